The van der Waals surface area contributed by atoms with Crippen LogP contribution >= 0.6 is 0 Å². The number of nitrogens with zero attached hydrogens (tertiary/aromatic N) is 4. The van der Waals surface area contributed by atoms with Gasteiger partial charge in [0.2, 0.25) is 0 Å². The molecule has 3 N–H and O–H groups in total. The lowest BCUT2D eigenvalue weighted by atomic mass is 10.1. The molecule has 0 bridgehead atoms. The van der Waals surface area contributed by atoms with Crippen molar-refractivity contribution >= 4 is 29.0 Å². The van der Waals surface area contributed by atoms with Crippen LogP contribution in [0.3, 0.4) is 0 Å². The van der Waals surface area contributed by atoms with Crippen molar-refractivity contribution in [1.82, 2.24) is 9.88 Å². The van der Waals surface area contributed by atoms with E-state index in [0.717, 1.165) is 18.5 Å². The fraction of sp³-hybridized carbons (Fsp3) is 0.345. The molecule has 1 unspecified atom stereocenters. The van der Waals surface area contributed by atoms with Crippen molar-refractivity contribution in [3.8, 4) is 0 Å². The molecule has 2 aliphatic heterocycles. The number of morpholine rings is 1. The van der Waals surface area contributed by atoms with E-state index in [0.29, 0.717) is 72.7 Å². The average Bonchev–Trinajstić information content (AvgIpc) is 3.38. The number of aliphatic hydroxyl groups excluding tert-OH is 1. The van der Waals surface area contributed by atoms with E-state index in [1.165, 1.54) is 0 Å². The Morgan fingerprint density at radius 2 is 1.82 bits per heavy atom. The summed E-state index contributed by atoms with van der Waals surface area (Å²) in [6.07, 6.45) is 2.09. The van der Waals surface area contributed by atoms with E-state index >= 15 is 0 Å². The lowest BCUT2D eigenvalue weighted by Gasteiger charge is -2.27. The maximum atomic E-state index is 13.1. The Bertz CT molecular complexity index is 1330. The number of hydroxylamine groups is 1. The first-order chi connectivity index (χ1) is 18.9. The molecule has 2 amide bonds. The van der Waals surface area contributed by atoms with Crippen LogP contribution < -0.4 is 15.3 Å². The molecule has 1 aromatic heterocycles. The van der Waals surface area contributed by atoms with Gasteiger partial charge < -0.3 is 20.1 Å². The highest BCUT2D eigenvalue weighted by Gasteiger charge is 2.22. The number of benzene rings is 2. The first-order valence-corrected chi connectivity index (χ1v) is 13.1. The van der Waals surface area contributed by atoms with E-state index in [9.17, 15) is 19.9 Å². The molecule has 10 heteroatoms. The summed E-state index contributed by atoms with van der Waals surface area (Å²) in [5.41, 5.74) is 3.21. The molecule has 2 aromatic carbocycles. The van der Waals surface area contributed by atoms with E-state index in [1.54, 1.807) is 55.6 Å². The topological polar surface area (TPSA) is 118 Å². The van der Waals surface area contributed by atoms with Crippen LogP contribution in [0.5, 0.6) is 0 Å². The summed E-state index contributed by atoms with van der Waals surface area (Å²) >= 11 is 0. The Hall–Kier alpha value is -3.83. The number of rotatable bonds is 7. The van der Waals surface area contributed by atoms with Crippen LogP contribution in [0.4, 0.5) is 17.2 Å². The van der Waals surface area contributed by atoms with Crippen molar-refractivity contribution in [3.63, 3.8) is 0 Å². The van der Waals surface area contributed by atoms with Gasteiger partial charge in [0.15, 0.2) is 0 Å². The highest BCUT2D eigenvalue weighted by molar-refractivity contribution is 6.07. The van der Waals surface area contributed by atoms with Crippen molar-refractivity contribution in [1.29, 1.82) is 0 Å². The molecule has 2 aliphatic rings. The van der Waals surface area contributed by atoms with Crippen LogP contribution in [0.1, 0.15) is 38.3 Å². The molecule has 0 radical (unpaired) electrons. The molecule has 3 heterocycles. The van der Waals surface area contributed by atoms with Crippen LogP contribution in [0.2, 0.25) is 0 Å². The number of hydrogen-bond acceptors (Lipinski definition) is 8. The van der Waals surface area contributed by atoms with E-state index in [2.05, 4.69) is 20.1 Å². The number of aromatic nitrogens is 1. The smallest absolute Gasteiger partial charge is 0.281 e. The van der Waals surface area contributed by atoms with Gasteiger partial charge in [-0.05, 0) is 60.9 Å². The zero-order valence-corrected chi connectivity index (χ0v) is 21.9. The maximum absolute atomic E-state index is 13.1. The number of nitrogens with one attached hydrogen (secondary N) is 1. The van der Waals surface area contributed by atoms with Crippen LogP contribution in [-0.2, 0) is 11.3 Å². The SMILES string of the molecule is Cc1ccc(NC(=O)c2ccnc(N3CCOCC3)c2)cc1N(O)C(=O)c1ccc(CN2CCC(O)C2)cc1. The molecule has 204 valence electrons. The maximum Gasteiger partial charge on any atom is 0.281 e. The third-order valence-corrected chi connectivity index (χ3v) is 7.08. The number of aliphatic hydroxyl groups is 1. The number of hydrogen-bond donors (Lipinski definition) is 3. The van der Waals surface area contributed by atoms with Gasteiger partial charge in [0.1, 0.15) is 5.82 Å². The van der Waals surface area contributed by atoms with Crippen LogP contribution in [0.25, 0.3) is 0 Å². The highest BCUT2D eigenvalue weighted by atomic mass is 16.5. The van der Waals surface area contributed by atoms with Gasteiger partial charge >= 0.3 is 0 Å². The number of aryl methyl sites for hydroxylation is 1. The number of ether oxygens (including phenoxy) is 1. The molecule has 3 aromatic rings. The summed E-state index contributed by atoms with van der Waals surface area (Å²) in [5.74, 6) is -0.181. The summed E-state index contributed by atoms with van der Waals surface area (Å²) < 4.78 is 5.39. The molecule has 0 saturated carbocycles. The van der Waals surface area contributed by atoms with E-state index in [1.807, 2.05) is 12.1 Å². The van der Waals surface area contributed by atoms with Gasteiger partial charge in [-0.15, -0.1) is 0 Å². The number of likely N-dealkylation sites (tertiary alicyclic amines) is 1. The van der Waals surface area contributed by atoms with Crippen LogP contribution in [0, 0.1) is 6.92 Å². The minimum Gasteiger partial charge on any atom is -0.392 e. The summed E-state index contributed by atoms with van der Waals surface area (Å²) in [6, 6.07) is 15.5. The van der Waals surface area contributed by atoms with E-state index in [-0.39, 0.29) is 17.7 Å². The largest absolute Gasteiger partial charge is 0.392 e. The summed E-state index contributed by atoms with van der Waals surface area (Å²) in [5, 5.41) is 24.0. The fourth-order valence-electron chi connectivity index (χ4n) is 4.84. The monoisotopic (exact) mass is 531 g/mol. The van der Waals surface area contributed by atoms with E-state index in [4.69, 9.17) is 4.74 Å². The average molecular weight is 532 g/mol. The van der Waals surface area contributed by atoms with Gasteiger partial charge in [0, 0.05) is 55.7 Å². The van der Waals surface area contributed by atoms with Gasteiger partial charge in [-0.1, -0.05) is 18.2 Å². The number of amides is 2. The summed E-state index contributed by atoms with van der Waals surface area (Å²) in [4.78, 5) is 34.7. The first kappa shape index (κ1) is 26.8. The molecule has 1 atom stereocenters. The number of anilines is 3. The Morgan fingerprint density at radius 3 is 2.54 bits per heavy atom. The van der Waals surface area contributed by atoms with Gasteiger partial charge in [-0.2, -0.15) is 5.06 Å². The molecule has 0 spiro atoms. The molecule has 39 heavy (non-hydrogen) atoms. The third kappa shape index (κ3) is 6.43. The Balaban J connectivity index is 1.25. The highest BCUT2D eigenvalue weighted by Crippen LogP contribution is 2.26. The van der Waals surface area contributed by atoms with Crippen molar-refractivity contribution in [2.24, 2.45) is 0 Å². The van der Waals surface area contributed by atoms with Crippen molar-refractivity contribution in [2.45, 2.75) is 26.0 Å². The summed E-state index contributed by atoms with van der Waals surface area (Å²) in [7, 11) is 0. The minimum atomic E-state index is -0.575. The van der Waals surface area contributed by atoms with Gasteiger partial charge in [0.05, 0.1) is 25.0 Å². The second-order valence-corrected chi connectivity index (χ2v) is 9.95. The second kappa shape index (κ2) is 11.9. The van der Waals surface area contributed by atoms with Gasteiger partial charge in [0.25, 0.3) is 11.8 Å². The standard InChI is InChI=1S/C29H33N5O5/c1-20-2-7-24(31-28(36)23-8-10-30-27(16-23)33-12-14-39-15-13-33)17-26(20)34(38)29(37)22-5-3-21(4-6-22)18-32-11-9-25(35)19-32/h2-8,10,16-17,25,35,38H,9,11-15,18-19H2,1H3,(H,31,36). The summed E-state index contributed by atoms with van der Waals surface area (Å²) in [6.45, 7) is 6.63. The van der Waals surface area contributed by atoms with Crippen molar-refractivity contribution in [2.75, 3.05) is 54.7 Å². The molecule has 5 rings (SSSR count). The normalized spacial score (nSPS) is 17.7. The van der Waals surface area contributed by atoms with Gasteiger partial charge in [-0.25, -0.2) is 4.98 Å². The zero-order valence-electron chi connectivity index (χ0n) is 21.9. The molecule has 2 saturated heterocycles. The minimum absolute atomic E-state index is 0.275. The lowest BCUT2D eigenvalue weighted by molar-refractivity contribution is 0.0854. The van der Waals surface area contributed by atoms with E-state index < -0.39 is 5.91 Å². The quantitative estimate of drug-likeness (QED) is 0.315. The van der Waals surface area contributed by atoms with Crippen molar-refractivity contribution < 1.29 is 24.6 Å². The predicted octanol–water partition coefficient (Wildman–Crippen LogP) is 3.08. The Labute approximate surface area is 227 Å². The molecule has 0 aliphatic carbocycles. The lowest BCUT2D eigenvalue weighted by Crippen LogP contribution is -2.36. The third-order valence-electron chi connectivity index (χ3n) is 7.08. The van der Waals surface area contributed by atoms with Crippen LogP contribution in [0.15, 0.2) is 60.8 Å². The number of pyridine rings is 1. The fourth-order valence-corrected chi connectivity index (χ4v) is 4.84. The predicted molar refractivity (Wildman–Crippen MR) is 147 cm³/mol. The Morgan fingerprint density at radius 1 is 1.05 bits per heavy atom. The zero-order chi connectivity index (χ0) is 27.4. The molecular weight excluding hydrogens is 498 g/mol. The van der Waals surface area contributed by atoms with Gasteiger partial charge in [-0.3, -0.25) is 19.7 Å². The van der Waals surface area contributed by atoms with Crippen molar-refractivity contribution in [3.05, 3.63) is 83.0 Å². The second-order valence-electron chi connectivity index (χ2n) is 9.95. The van der Waals surface area contributed by atoms with Crippen LogP contribution in [-0.4, -0.2) is 77.5 Å². The molecule has 2 fully saturated rings. The molecule has 10 nitrogen and oxygen atoms in total. The Kier molecular flexibility index (Phi) is 8.18. The number of carbonyl (C=O) groups is 2. The molecular formula is C29H33N5O5. The number of β-amino-alcohol motifs (C(OH)–C–C–N with tert-alkyl or cyclic N) is 1. The first-order valence-electron chi connectivity index (χ1n) is 13.1. The number of carbonyl (C=O) groups excluding carboxylic acids is 2.